The molecule has 2 amide bonds. The fourth-order valence-corrected chi connectivity index (χ4v) is 5.46. The summed E-state index contributed by atoms with van der Waals surface area (Å²) in [5.41, 5.74) is 5.68. The molecule has 2 aromatic carbocycles. The van der Waals surface area contributed by atoms with Gasteiger partial charge in [-0.15, -0.1) is 0 Å². The van der Waals surface area contributed by atoms with Crippen LogP contribution in [0.2, 0.25) is 0 Å². The minimum atomic E-state index is -0.0562. The van der Waals surface area contributed by atoms with Gasteiger partial charge >= 0.3 is 0 Å². The number of carbonyl (C=O) groups excluding carboxylic acids is 2. The highest BCUT2D eigenvalue weighted by molar-refractivity contribution is 6.17. The van der Waals surface area contributed by atoms with Gasteiger partial charge in [-0.2, -0.15) is 0 Å². The Balaban J connectivity index is 1.65. The number of aryl methyl sites for hydroxylation is 2. The molecule has 1 fully saturated rings. The highest BCUT2D eigenvalue weighted by atomic mass is 16.2. The van der Waals surface area contributed by atoms with Crippen molar-refractivity contribution >= 4 is 28.4 Å². The lowest BCUT2D eigenvalue weighted by molar-refractivity contribution is 0.0655. The van der Waals surface area contributed by atoms with E-state index in [0.717, 1.165) is 53.4 Å². The lowest BCUT2D eigenvalue weighted by Crippen LogP contribution is -2.37. The predicted molar refractivity (Wildman–Crippen MR) is 132 cm³/mol. The second kappa shape index (κ2) is 8.62. The highest BCUT2D eigenvalue weighted by Crippen LogP contribution is 2.36. The fourth-order valence-electron chi connectivity index (χ4n) is 5.46. The van der Waals surface area contributed by atoms with E-state index in [9.17, 15) is 9.59 Å². The molecule has 1 aromatic heterocycles. The average molecular weight is 442 g/mol. The van der Waals surface area contributed by atoms with Crippen LogP contribution in [0.3, 0.4) is 0 Å². The summed E-state index contributed by atoms with van der Waals surface area (Å²) in [5, 5.41) is 0.823. The van der Waals surface area contributed by atoms with Crippen LogP contribution in [-0.4, -0.2) is 34.3 Å². The summed E-state index contributed by atoms with van der Waals surface area (Å²) >= 11 is 0. The molecule has 3 aromatic rings. The van der Waals surface area contributed by atoms with Gasteiger partial charge in [0.25, 0.3) is 11.8 Å². The van der Waals surface area contributed by atoms with Crippen molar-refractivity contribution in [1.82, 2.24) is 9.88 Å². The molecule has 0 radical (unpaired) electrons. The van der Waals surface area contributed by atoms with E-state index in [1.807, 2.05) is 54.8 Å². The van der Waals surface area contributed by atoms with Crippen LogP contribution in [0, 0.1) is 13.8 Å². The molecule has 2 aliphatic rings. The predicted octanol–water partition coefficient (Wildman–Crippen LogP) is 5.81. The van der Waals surface area contributed by atoms with Crippen LogP contribution >= 0.6 is 0 Å². The summed E-state index contributed by atoms with van der Waals surface area (Å²) in [6, 6.07) is 14.2. The van der Waals surface area contributed by atoms with Gasteiger partial charge in [-0.25, -0.2) is 4.98 Å². The van der Waals surface area contributed by atoms with Gasteiger partial charge in [0.15, 0.2) is 0 Å². The Labute approximate surface area is 195 Å². The molecule has 5 nitrogen and oxygen atoms in total. The Hall–Kier alpha value is -3.21. The van der Waals surface area contributed by atoms with Crippen molar-refractivity contribution in [2.75, 3.05) is 11.4 Å². The van der Waals surface area contributed by atoms with E-state index < -0.39 is 0 Å². The minimum Gasteiger partial charge on any atom is -0.330 e. The third-order valence-electron chi connectivity index (χ3n) is 7.23. The van der Waals surface area contributed by atoms with Crippen molar-refractivity contribution in [2.45, 2.75) is 65.5 Å². The number of aromatic nitrogens is 1. The molecule has 0 bridgehead atoms. The summed E-state index contributed by atoms with van der Waals surface area (Å²) in [6.07, 6.45) is 5.61. The first-order valence-electron chi connectivity index (χ1n) is 12.1. The Morgan fingerprint density at radius 1 is 1.09 bits per heavy atom. The summed E-state index contributed by atoms with van der Waals surface area (Å²) < 4.78 is 0. The molecule has 170 valence electrons. The molecule has 0 saturated heterocycles. The normalized spacial score (nSPS) is 16.3. The number of nitrogens with zero attached hydrogens (tertiary/aromatic N) is 3. The van der Waals surface area contributed by atoms with Gasteiger partial charge < -0.3 is 9.80 Å². The van der Waals surface area contributed by atoms with Crippen LogP contribution in [0.15, 0.2) is 42.5 Å². The molecule has 0 atom stereocenters. The third-order valence-corrected chi connectivity index (χ3v) is 7.23. The smallest absolute Gasteiger partial charge is 0.273 e. The van der Waals surface area contributed by atoms with Crippen molar-refractivity contribution in [1.29, 1.82) is 0 Å². The Kier molecular flexibility index (Phi) is 5.65. The first-order chi connectivity index (χ1) is 16.0. The van der Waals surface area contributed by atoms with Crippen LogP contribution in [0.5, 0.6) is 0 Å². The summed E-state index contributed by atoms with van der Waals surface area (Å²) in [6.45, 7) is 7.11. The topological polar surface area (TPSA) is 53.5 Å². The number of para-hydroxylation sites is 1. The summed E-state index contributed by atoms with van der Waals surface area (Å²) in [7, 11) is 0. The molecular weight excluding hydrogens is 410 g/mol. The van der Waals surface area contributed by atoms with E-state index in [0.29, 0.717) is 29.9 Å². The third kappa shape index (κ3) is 3.69. The molecule has 5 rings (SSSR count). The maximum atomic E-state index is 14.2. The molecule has 33 heavy (non-hydrogen) atoms. The second-order valence-electron chi connectivity index (χ2n) is 9.40. The zero-order valence-corrected chi connectivity index (χ0v) is 19.7. The number of hydrogen-bond donors (Lipinski definition) is 0. The molecule has 1 aliphatic heterocycles. The van der Waals surface area contributed by atoms with Gasteiger partial charge in [0.05, 0.1) is 11.1 Å². The Morgan fingerprint density at radius 2 is 1.85 bits per heavy atom. The van der Waals surface area contributed by atoms with Crippen molar-refractivity contribution < 1.29 is 9.59 Å². The largest absolute Gasteiger partial charge is 0.330 e. The lowest BCUT2D eigenvalue weighted by atomic mass is 9.94. The maximum Gasteiger partial charge on any atom is 0.273 e. The number of rotatable bonds is 4. The molecule has 1 saturated carbocycles. The van der Waals surface area contributed by atoms with Gasteiger partial charge in [-0.1, -0.05) is 49.6 Å². The Morgan fingerprint density at radius 3 is 2.61 bits per heavy atom. The van der Waals surface area contributed by atoms with E-state index in [2.05, 4.69) is 18.2 Å². The lowest BCUT2D eigenvalue weighted by Gasteiger charge is -2.30. The fraction of sp³-hybridized carbons (Fsp3) is 0.393. The second-order valence-corrected chi connectivity index (χ2v) is 9.40. The zero-order chi connectivity index (χ0) is 23.1. The SMILES string of the molecule is CCN(C(=O)c1c2c(nc3ccccc13)C(=O)N(C1CCCCC1)C2)c1cc(C)ccc1C. The molecule has 5 heteroatoms. The van der Waals surface area contributed by atoms with Crippen molar-refractivity contribution in [3.05, 3.63) is 70.4 Å². The van der Waals surface area contributed by atoms with Crippen LogP contribution < -0.4 is 4.90 Å². The number of anilines is 1. The van der Waals surface area contributed by atoms with E-state index in [1.54, 1.807) is 0 Å². The average Bonchev–Trinajstić information content (AvgIpc) is 3.16. The molecule has 1 aliphatic carbocycles. The van der Waals surface area contributed by atoms with Crippen LogP contribution in [0.25, 0.3) is 10.9 Å². The maximum absolute atomic E-state index is 14.2. The highest BCUT2D eigenvalue weighted by Gasteiger charge is 2.38. The van der Waals surface area contributed by atoms with Gasteiger partial charge in [0.1, 0.15) is 5.69 Å². The van der Waals surface area contributed by atoms with Gasteiger partial charge in [0, 0.05) is 35.8 Å². The summed E-state index contributed by atoms with van der Waals surface area (Å²) in [4.78, 5) is 36.2. The van der Waals surface area contributed by atoms with Crippen molar-refractivity contribution in [2.24, 2.45) is 0 Å². The van der Waals surface area contributed by atoms with Crippen molar-refractivity contribution in [3.63, 3.8) is 0 Å². The summed E-state index contributed by atoms with van der Waals surface area (Å²) in [5.74, 6) is -0.0779. The molecule has 0 spiro atoms. The standard InChI is InChI=1S/C28H31N3O2/c1-4-30(24-16-18(2)14-15-19(24)3)27(32)25-21-12-8-9-13-23(21)29-26-22(25)17-31(28(26)33)20-10-6-5-7-11-20/h8-9,12-16,20H,4-7,10-11,17H2,1-3H3. The van der Waals surface area contributed by atoms with E-state index >= 15 is 0 Å². The molecule has 0 N–H and O–H groups in total. The van der Waals surface area contributed by atoms with Gasteiger partial charge in [-0.3, -0.25) is 9.59 Å². The number of amides is 2. The number of hydrogen-bond acceptors (Lipinski definition) is 3. The van der Waals surface area contributed by atoms with Crippen molar-refractivity contribution in [3.8, 4) is 0 Å². The number of carbonyl (C=O) groups is 2. The monoisotopic (exact) mass is 441 g/mol. The number of benzene rings is 2. The number of pyridine rings is 1. The van der Waals surface area contributed by atoms with Crippen LogP contribution in [0.4, 0.5) is 5.69 Å². The molecule has 0 unspecified atom stereocenters. The Bertz CT molecular complexity index is 1240. The molecular formula is C28H31N3O2. The number of fused-ring (bicyclic) bond motifs is 2. The van der Waals surface area contributed by atoms with Crippen LogP contribution in [0.1, 0.15) is 76.6 Å². The van der Waals surface area contributed by atoms with E-state index in [-0.39, 0.29) is 17.9 Å². The van der Waals surface area contributed by atoms with E-state index in [4.69, 9.17) is 4.98 Å². The first-order valence-corrected chi connectivity index (χ1v) is 12.1. The van der Waals surface area contributed by atoms with E-state index in [1.165, 1.54) is 6.42 Å². The van der Waals surface area contributed by atoms with Gasteiger partial charge in [0.2, 0.25) is 0 Å². The molecule has 2 heterocycles. The zero-order valence-electron chi connectivity index (χ0n) is 19.7. The van der Waals surface area contributed by atoms with Crippen LogP contribution in [-0.2, 0) is 6.54 Å². The first kappa shape index (κ1) is 21.6. The minimum absolute atomic E-state index is 0.0218. The quantitative estimate of drug-likeness (QED) is 0.514. The van der Waals surface area contributed by atoms with Gasteiger partial charge in [-0.05, 0) is 56.9 Å².